The number of sulfonamides is 1. The second kappa shape index (κ2) is 8.31. The summed E-state index contributed by atoms with van der Waals surface area (Å²) in [5.74, 6) is -1.03. The van der Waals surface area contributed by atoms with Gasteiger partial charge in [-0.2, -0.15) is 5.10 Å². The van der Waals surface area contributed by atoms with Crippen molar-refractivity contribution in [2.24, 2.45) is 5.14 Å². The number of hydrogen-bond acceptors (Lipinski definition) is 6. The van der Waals surface area contributed by atoms with Gasteiger partial charge in [-0.25, -0.2) is 27.3 Å². The average molecular weight is 449 g/mol. The van der Waals surface area contributed by atoms with Crippen molar-refractivity contribution >= 4 is 32.7 Å². The molecule has 1 aliphatic rings. The number of pyridine rings is 1. The third-order valence-corrected chi connectivity index (χ3v) is 6.25. The lowest BCUT2D eigenvalue weighted by atomic mass is 10.0. The highest BCUT2D eigenvalue weighted by atomic mass is 32.2. The molecular weight excluding hydrogens is 428 g/mol. The molecule has 1 saturated heterocycles. The van der Waals surface area contributed by atoms with Crippen molar-refractivity contribution in [1.82, 2.24) is 15.2 Å². The maximum Gasteiger partial charge on any atom is 0.209 e. The van der Waals surface area contributed by atoms with E-state index in [0.717, 1.165) is 18.6 Å². The van der Waals surface area contributed by atoms with Gasteiger partial charge in [0.05, 0.1) is 17.2 Å². The van der Waals surface area contributed by atoms with Gasteiger partial charge >= 0.3 is 0 Å². The summed E-state index contributed by atoms with van der Waals surface area (Å²) in [6.45, 7) is 0.590. The lowest BCUT2D eigenvalue weighted by Gasteiger charge is -2.25. The van der Waals surface area contributed by atoms with Crippen LogP contribution in [0.2, 0.25) is 0 Å². The lowest BCUT2D eigenvalue weighted by Crippen LogP contribution is -2.24. The Kier molecular flexibility index (Phi) is 5.71. The number of nitrogens with one attached hydrogen (secondary N) is 1. The number of Topliss-reactive ketones (excluding diaryl/α,β-unsaturated/α-hetero) is 1. The fourth-order valence-electron chi connectivity index (χ4n) is 3.95. The van der Waals surface area contributed by atoms with Crippen molar-refractivity contribution in [1.29, 1.82) is 0 Å². The van der Waals surface area contributed by atoms with E-state index in [-0.39, 0.29) is 29.9 Å². The number of rotatable bonds is 7. The van der Waals surface area contributed by atoms with Gasteiger partial charge in [-0.15, -0.1) is 0 Å². The summed E-state index contributed by atoms with van der Waals surface area (Å²) >= 11 is 0. The molecule has 2 aromatic heterocycles. The van der Waals surface area contributed by atoms with Gasteiger partial charge in [0.25, 0.3) is 0 Å². The molecule has 31 heavy (non-hydrogen) atoms. The molecule has 8 nitrogen and oxygen atoms in total. The molecule has 1 fully saturated rings. The summed E-state index contributed by atoms with van der Waals surface area (Å²) in [5, 5.41) is 12.7. The first kappa shape index (κ1) is 21.3. The van der Waals surface area contributed by atoms with Crippen molar-refractivity contribution < 1.29 is 22.0 Å². The van der Waals surface area contributed by atoms with Crippen LogP contribution in [-0.4, -0.2) is 41.7 Å². The molecule has 4 rings (SSSR count). The Hall–Kier alpha value is -2.92. The Morgan fingerprint density at radius 1 is 1.29 bits per heavy atom. The number of H-pyrrole nitrogens is 1. The SMILES string of the molecule is NS(=O)(=O)CCCC(=O)c1cnc2[nH]nc(N3CCC[C@@H]3c3cc(F)ccc3F)c2c1. The molecule has 0 radical (unpaired) electrons. The van der Waals surface area contributed by atoms with Gasteiger partial charge in [0.2, 0.25) is 10.0 Å². The first-order valence-electron chi connectivity index (χ1n) is 9.82. The number of halogens is 2. The van der Waals surface area contributed by atoms with E-state index in [2.05, 4.69) is 15.2 Å². The first-order valence-corrected chi connectivity index (χ1v) is 11.5. The van der Waals surface area contributed by atoms with Crippen molar-refractivity contribution in [3.05, 3.63) is 53.2 Å². The van der Waals surface area contributed by atoms with Gasteiger partial charge in [0, 0.05) is 30.3 Å². The molecule has 0 spiro atoms. The third kappa shape index (κ3) is 4.57. The monoisotopic (exact) mass is 449 g/mol. The van der Waals surface area contributed by atoms with Crippen LogP contribution in [0.3, 0.4) is 0 Å². The Balaban J connectivity index is 1.63. The Morgan fingerprint density at radius 2 is 2.10 bits per heavy atom. The predicted octanol–water partition coefficient (Wildman–Crippen LogP) is 2.83. The summed E-state index contributed by atoms with van der Waals surface area (Å²) in [5.41, 5.74) is 1.04. The zero-order valence-corrected chi connectivity index (χ0v) is 17.3. The highest BCUT2D eigenvalue weighted by molar-refractivity contribution is 7.89. The molecule has 164 valence electrons. The maximum absolute atomic E-state index is 14.4. The number of nitrogens with two attached hydrogens (primary N) is 1. The number of primary sulfonamides is 1. The number of carbonyl (C=O) groups excluding carboxylic acids is 1. The molecule has 1 aromatic carbocycles. The van der Waals surface area contributed by atoms with Crippen LogP contribution in [0.1, 0.15) is 47.6 Å². The second-order valence-electron chi connectivity index (χ2n) is 7.58. The van der Waals surface area contributed by atoms with Gasteiger partial charge in [-0.3, -0.25) is 9.89 Å². The van der Waals surface area contributed by atoms with Gasteiger partial charge in [-0.05, 0) is 43.5 Å². The summed E-state index contributed by atoms with van der Waals surface area (Å²) in [6, 6.07) is 4.64. The van der Waals surface area contributed by atoms with E-state index in [1.165, 1.54) is 12.3 Å². The van der Waals surface area contributed by atoms with E-state index in [9.17, 15) is 22.0 Å². The number of aromatic amines is 1. The zero-order chi connectivity index (χ0) is 22.2. The van der Waals surface area contributed by atoms with Crippen LogP contribution in [0, 0.1) is 11.6 Å². The van der Waals surface area contributed by atoms with Crippen molar-refractivity contribution in [3.63, 3.8) is 0 Å². The van der Waals surface area contributed by atoms with Crippen LogP contribution in [0.4, 0.5) is 14.6 Å². The Labute approximate surface area is 177 Å². The minimum atomic E-state index is -3.63. The molecule has 3 heterocycles. The summed E-state index contributed by atoms with van der Waals surface area (Å²) in [4.78, 5) is 18.6. The van der Waals surface area contributed by atoms with Crippen molar-refractivity contribution in [3.8, 4) is 0 Å². The highest BCUT2D eigenvalue weighted by Crippen LogP contribution is 2.39. The maximum atomic E-state index is 14.4. The van der Waals surface area contributed by atoms with E-state index in [1.54, 1.807) is 6.07 Å². The molecular formula is C20H21F2N5O3S. The van der Waals surface area contributed by atoms with Crippen LogP contribution >= 0.6 is 0 Å². The van der Waals surface area contributed by atoms with E-state index in [0.29, 0.717) is 35.4 Å². The van der Waals surface area contributed by atoms with Crippen LogP contribution in [0.15, 0.2) is 30.5 Å². The van der Waals surface area contributed by atoms with E-state index >= 15 is 0 Å². The molecule has 0 bridgehead atoms. The number of ketones is 1. The smallest absolute Gasteiger partial charge is 0.209 e. The fourth-order valence-corrected chi connectivity index (χ4v) is 4.50. The fraction of sp³-hybridized carbons (Fsp3) is 0.350. The van der Waals surface area contributed by atoms with Crippen LogP contribution in [0.25, 0.3) is 11.0 Å². The summed E-state index contributed by atoms with van der Waals surface area (Å²) in [6.07, 6.45) is 2.93. The summed E-state index contributed by atoms with van der Waals surface area (Å²) < 4.78 is 50.3. The molecule has 1 aliphatic heterocycles. The third-order valence-electron chi connectivity index (χ3n) is 5.39. The van der Waals surface area contributed by atoms with Gasteiger partial charge in [-0.1, -0.05) is 0 Å². The molecule has 3 N–H and O–H groups in total. The average Bonchev–Trinajstić information content (AvgIpc) is 3.34. The highest BCUT2D eigenvalue weighted by Gasteiger charge is 2.31. The Bertz CT molecular complexity index is 1240. The standard InChI is InChI=1S/C20H21F2N5O3S/c21-13-5-6-16(22)14(10-13)17-3-1-7-27(17)20-15-9-12(11-24-19(15)25-26-20)18(28)4-2-8-31(23,29)30/h5-6,9-11,17H,1-4,7-8H2,(H2,23,29,30)(H,24,25,26)/t17-/m1/s1. The lowest BCUT2D eigenvalue weighted by molar-refractivity contribution is 0.0982. The van der Waals surface area contributed by atoms with Crippen LogP contribution in [-0.2, 0) is 10.0 Å². The molecule has 1 atom stereocenters. The minimum Gasteiger partial charge on any atom is -0.347 e. The normalized spacial score (nSPS) is 16.9. The molecule has 0 unspecified atom stereocenters. The van der Waals surface area contributed by atoms with Gasteiger partial charge in [0.15, 0.2) is 17.2 Å². The number of fused-ring (bicyclic) bond motifs is 1. The number of benzene rings is 1. The second-order valence-corrected chi connectivity index (χ2v) is 9.31. The van der Waals surface area contributed by atoms with Gasteiger partial charge in [0.1, 0.15) is 11.6 Å². The van der Waals surface area contributed by atoms with Crippen molar-refractivity contribution in [2.45, 2.75) is 31.7 Å². The number of anilines is 1. The number of aromatic nitrogens is 3. The zero-order valence-electron chi connectivity index (χ0n) is 16.5. The number of nitrogens with zero attached hydrogens (tertiary/aromatic N) is 3. The molecule has 0 amide bonds. The predicted molar refractivity (Wildman–Crippen MR) is 111 cm³/mol. The number of carbonyl (C=O) groups is 1. The molecule has 0 aliphatic carbocycles. The first-order chi connectivity index (χ1) is 14.7. The quantitative estimate of drug-likeness (QED) is 0.535. The Morgan fingerprint density at radius 3 is 2.87 bits per heavy atom. The largest absolute Gasteiger partial charge is 0.347 e. The topological polar surface area (TPSA) is 122 Å². The number of hydrogen-bond donors (Lipinski definition) is 2. The van der Waals surface area contributed by atoms with Crippen LogP contribution < -0.4 is 10.0 Å². The van der Waals surface area contributed by atoms with Crippen molar-refractivity contribution in [2.75, 3.05) is 17.2 Å². The van der Waals surface area contributed by atoms with E-state index in [4.69, 9.17) is 5.14 Å². The minimum absolute atomic E-state index is 0.0116. The summed E-state index contributed by atoms with van der Waals surface area (Å²) in [7, 11) is -3.63. The molecule has 0 saturated carbocycles. The van der Waals surface area contributed by atoms with E-state index < -0.39 is 27.7 Å². The molecule has 11 heteroatoms. The van der Waals surface area contributed by atoms with Gasteiger partial charge < -0.3 is 4.90 Å². The molecule has 3 aromatic rings. The van der Waals surface area contributed by atoms with E-state index in [1.807, 2.05) is 4.90 Å². The van der Waals surface area contributed by atoms with Crippen LogP contribution in [0.5, 0.6) is 0 Å².